The smallest absolute Gasteiger partial charge is 0.220 e. The van der Waals surface area contributed by atoms with Crippen LogP contribution in [0.25, 0.3) is 0 Å². The van der Waals surface area contributed by atoms with E-state index in [0.717, 1.165) is 12.2 Å². The molecule has 10 heavy (non-hydrogen) atoms. The Kier molecular flexibility index (Phi) is 1.41. The van der Waals surface area contributed by atoms with E-state index in [1.165, 1.54) is 6.92 Å². The van der Waals surface area contributed by atoms with Crippen LogP contribution in [0.15, 0.2) is 23.5 Å². The Hall–Kier alpha value is -1.38. The molecule has 0 bridgehead atoms. The largest absolute Gasteiger partial charge is 0.504 e. The second-order valence-electron chi connectivity index (χ2n) is 2.04. The van der Waals surface area contributed by atoms with Crippen molar-refractivity contribution in [2.45, 2.75) is 6.92 Å². The van der Waals surface area contributed by atoms with Crippen LogP contribution in [0.5, 0.6) is 0 Å². The van der Waals surface area contributed by atoms with Gasteiger partial charge in [0.2, 0.25) is 5.78 Å². The summed E-state index contributed by atoms with van der Waals surface area (Å²) in [4.78, 5) is 21.3. The zero-order chi connectivity index (χ0) is 7.72. The molecule has 1 N–H and O–H groups in total. The van der Waals surface area contributed by atoms with Crippen LogP contribution in [0.4, 0.5) is 0 Å². The highest BCUT2D eigenvalue weighted by Gasteiger charge is 2.17. The summed E-state index contributed by atoms with van der Waals surface area (Å²) in [5.74, 6) is -1.25. The molecule has 3 nitrogen and oxygen atoms in total. The predicted molar refractivity (Wildman–Crippen MR) is 34.5 cm³/mol. The highest BCUT2D eigenvalue weighted by Crippen LogP contribution is 2.09. The molecule has 0 spiro atoms. The first-order valence-electron chi connectivity index (χ1n) is 2.79. The zero-order valence-electron chi connectivity index (χ0n) is 5.42. The van der Waals surface area contributed by atoms with Gasteiger partial charge in [0.1, 0.15) is 0 Å². The monoisotopic (exact) mass is 138 g/mol. The number of carbonyl (C=O) groups is 2. The van der Waals surface area contributed by atoms with Crippen LogP contribution in [0, 0.1) is 0 Å². The number of ketones is 2. The van der Waals surface area contributed by atoms with E-state index in [4.69, 9.17) is 5.11 Å². The summed E-state index contributed by atoms with van der Waals surface area (Å²) in [6.45, 7) is 1.42. The highest BCUT2D eigenvalue weighted by molar-refractivity contribution is 6.18. The summed E-state index contributed by atoms with van der Waals surface area (Å²) in [5, 5.41) is 8.87. The molecule has 0 saturated carbocycles. The second kappa shape index (κ2) is 2.10. The third-order valence-corrected chi connectivity index (χ3v) is 1.34. The van der Waals surface area contributed by atoms with Gasteiger partial charge in [-0.15, -0.1) is 0 Å². The number of carbonyl (C=O) groups excluding carboxylic acids is 2. The van der Waals surface area contributed by atoms with E-state index in [1.807, 2.05) is 0 Å². The summed E-state index contributed by atoms with van der Waals surface area (Å²) in [6, 6.07) is 0. The standard InChI is InChI=1S/C7H6O3/c1-4-5(8)2-3-6(9)7(4)10/h2-3,10H,1H3. The van der Waals surface area contributed by atoms with Gasteiger partial charge in [0, 0.05) is 5.57 Å². The Balaban J connectivity index is 3.12. The van der Waals surface area contributed by atoms with Crippen LogP contribution >= 0.6 is 0 Å². The molecule has 0 fully saturated rings. The lowest BCUT2D eigenvalue weighted by Crippen LogP contribution is -2.11. The van der Waals surface area contributed by atoms with Gasteiger partial charge < -0.3 is 5.11 Å². The van der Waals surface area contributed by atoms with Gasteiger partial charge in [-0.3, -0.25) is 9.59 Å². The maximum atomic E-state index is 10.7. The molecule has 0 aliphatic heterocycles. The minimum atomic E-state index is -0.503. The van der Waals surface area contributed by atoms with E-state index in [9.17, 15) is 9.59 Å². The van der Waals surface area contributed by atoms with Crippen LogP contribution in [0.2, 0.25) is 0 Å². The molecule has 0 saturated heterocycles. The minimum Gasteiger partial charge on any atom is -0.504 e. The van der Waals surface area contributed by atoms with Crippen LogP contribution in [0.1, 0.15) is 6.92 Å². The Labute approximate surface area is 57.7 Å². The van der Waals surface area contributed by atoms with E-state index in [0.29, 0.717) is 0 Å². The average molecular weight is 138 g/mol. The van der Waals surface area contributed by atoms with Crippen molar-refractivity contribution in [1.29, 1.82) is 0 Å². The van der Waals surface area contributed by atoms with Crippen molar-refractivity contribution in [3.63, 3.8) is 0 Å². The first-order chi connectivity index (χ1) is 4.63. The molecule has 1 aliphatic carbocycles. The Morgan fingerprint density at radius 2 is 1.70 bits per heavy atom. The van der Waals surface area contributed by atoms with Crippen LogP contribution in [0.3, 0.4) is 0 Å². The molecule has 0 aromatic rings. The minimum absolute atomic E-state index is 0.118. The fourth-order valence-electron chi connectivity index (χ4n) is 0.657. The van der Waals surface area contributed by atoms with Crippen LogP contribution < -0.4 is 0 Å². The van der Waals surface area contributed by atoms with Crippen LogP contribution in [-0.2, 0) is 9.59 Å². The second-order valence-corrected chi connectivity index (χ2v) is 2.04. The topological polar surface area (TPSA) is 54.4 Å². The van der Waals surface area contributed by atoms with Gasteiger partial charge in [0.15, 0.2) is 11.5 Å². The lowest BCUT2D eigenvalue weighted by atomic mass is 10.0. The van der Waals surface area contributed by atoms with Gasteiger partial charge >= 0.3 is 0 Å². The fourth-order valence-corrected chi connectivity index (χ4v) is 0.657. The number of aliphatic hydroxyl groups excluding tert-OH is 1. The van der Waals surface area contributed by atoms with Gasteiger partial charge in [-0.25, -0.2) is 0 Å². The first kappa shape index (κ1) is 6.74. The zero-order valence-corrected chi connectivity index (χ0v) is 5.42. The average Bonchev–Trinajstić information content (AvgIpc) is 1.93. The Morgan fingerprint density at radius 1 is 1.20 bits per heavy atom. The maximum Gasteiger partial charge on any atom is 0.220 e. The molecule has 0 amide bonds. The van der Waals surface area contributed by atoms with Gasteiger partial charge in [0.25, 0.3) is 0 Å². The van der Waals surface area contributed by atoms with Crippen molar-refractivity contribution in [1.82, 2.24) is 0 Å². The van der Waals surface area contributed by atoms with Gasteiger partial charge in [-0.05, 0) is 19.1 Å². The van der Waals surface area contributed by atoms with Crippen LogP contribution in [-0.4, -0.2) is 16.7 Å². The van der Waals surface area contributed by atoms with E-state index < -0.39 is 11.5 Å². The molecule has 0 atom stereocenters. The van der Waals surface area contributed by atoms with E-state index in [1.54, 1.807) is 0 Å². The van der Waals surface area contributed by atoms with Crippen molar-refractivity contribution in [3.05, 3.63) is 23.5 Å². The molecule has 1 aliphatic rings. The summed E-state index contributed by atoms with van der Waals surface area (Å²) in [7, 11) is 0. The van der Waals surface area contributed by atoms with Gasteiger partial charge in [0.05, 0.1) is 0 Å². The molecule has 0 aromatic carbocycles. The van der Waals surface area contributed by atoms with Gasteiger partial charge in [-0.1, -0.05) is 0 Å². The number of hydrogen-bond acceptors (Lipinski definition) is 3. The number of hydrogen-bond donors (Lipinski definition) is 1. The first-order valence-corrected chi connectivity index (χ1v) is 2.79. The van der Waals surface area contributed by atoms with Crippen molar-refractivity contribution >= 4 is 11.6 Å². The summed E-state index contributed by atoms with van der Waals surface area (Å²) in [6.07, 6.45) is 2.21. The molecule has 1 rings (SSSR count). The molecule has 0 heterocycles. The lowest BCUT2D eigenvalue weighted by Gasteiger charge is -2.03. The van der Waals surface area contributed by atoms with Gasteiger partial charge in [-0.2, -0.15) is 0 Å². The fraction of sp³-hybridized carbons (Fsp3) is 0.143. The Bertz CT molecular complexity index is 232. The quantitative estimate of drug-likeness (QED) is 0.496. The highest BCUT2D eigenvalue weighted by atomic mass is 16.3. The van der Waals surface area contributed by atoms with Crippen molar-refractivity contribution in [2.24, 2.45) is 0 Å². The van der Waals surface area contributed by atoms with E-state index in [-0.39, 0.29) is 11.4 Å². The summed E-state index contributed by atoms with van der Waals surface area (Å²) >= 11 is 0. The van der Waals surface area contributed by atoms with Crippen molar-refractivity contribution in [2.75, 3.05) is 0 Å². The molecule has 0 aromatic heterocycles. The van der Waals surface area contributed by atoms with Crippen molar-refractivity contribution < 1.29 is 14.7 Å². The molecular weight excluding hydrogens is 132 g/mol. The number of rotatable bonds is 0. The third kappa shape index (κ3) is 0.857. The van der Waals surface area contributed by atoms with E-state index in [2.05, 4.69) is 0 Å². The molecule has 3 heteroatoms. The van der Waals surface area contributed by atoms with Crippen molar-refractivity contribution in [3.8, 4) is 0 Å². The lowest BCUT2D eigenvalue weighted by molar-refractivity contribution is -0.117. The Morgan fingerprint density at radius 3 is 2.20 bits per heavy atom. The van der Waals surface area contributed by atoms with E-state index >= 15 is 0 Å². The summed E-state index contributed by atoms with van der Waals surface area (Å²) < 4.78 is 0. The maximum absolute atomic E-state index is 10.7. The number of allylic oxidation sites excluding steroid dienone is 3. The molecule has 0 unspecified atom stereocenters. The molecule has 0 radical (unpaired) electrons. The predicted octanol–water partition coefficient (Wildman–Crippen LogP) is 0.526. The molecular formula is C7H6O3. The summed E-state index contributed by atoms with van der Waals surface area (Å²) in [5.41, 5.74) is 0.118. The molecule has 52 valence electrons. The normalized spacial score (nSPS) is 18.5. The third-order valence-electron chi connectivity index (χ3n) is 1.34. The number of aliphatic hydroxyl groups is 1. The SMILES string of the molecule is CC1=C(O)C(=O)C=CC1=O.